The van der Waals surface area contributed by atoms with E-state index in [-0.39, 0.29) is 5.91 Å². The third-order valence-corrected chi connectivity index (χ3v) is 2.81. The predicted octanol–water partition coefficient (Wildman–Crippen LogP) is 2.00. The summed E-state index contributed by atoms with van der Waals surface area (Å²) >= 11 is 6.01. The molecule has 1 aromatic carbocycles. The molecule has 0 aliphatic carbocycles. The van der Waals surface area contributed by atoms with Crippen LogP contribution in [0.1, 0.15) is 12.6 Å². The van der Waals surface area contributed by atoms with Crippen LogP contribution in [0, 0.1) is 0 Å². The maximum absolute atomic E-state index is 10.8. The van der Waals surface area contributed by atoms with E-state index in [1.165, 1.54) is 13.1 Å². The summed E-state index contributed by atoms with van der Waals surface area (Å²) in [6.45, 7) is 1.37. The van der Waals surface area contributed by atoms with Crippen molar-refractivity contribution < 1.29 is 9.53 Å². The van der Waals surface area contributed by atoms with E-state index in [1.54, 1.807) is 18.0 Å². The smallest absolute Gasteiger partial charge is 0.236 e. The number of halogens is 1. The van der Waals surface area contributed by atoms with Crippen LogP contribution < -0.4 is 10.2 Å². The highest BCUT2D eigenvalue weighted by atomic mass is 35.5. The van der Waals surface area contributed by atoms with Crippen molar-refractivity contribution in [3.63, 3.8) is 0 Å². The van der Waals surface area contributed by atoms with Crippen LogP contribution in [0.15, 0.2) is 35.7 Å². The van der Waals surface area contributed by atoms with Crippen molar-refractivity contribution >= 4 is 23.7 Å². The van der Waals surface area contributed by atoms with Crippen molar-refractivity contribution in [3.8, 4) is 11.4 Å². The Morgan fingerprint density at radius 3 is 2.75 bits per heavy atom. The first-order chi connectivity index (χ1) is 9.61. The van der Waals surface area contributed by atoms with E-state index in [2.05, 4.69) is 15.5 Å². The van der Waals surface area contributed by atoms with Gasteiger partial charge in [-0.3, -0.25) is 9.36 Å². The largest absolute Gasteiger partial charge is 0.497 e. The number of carbonyl (C=O) groups excluding carboxylic acids is 1. The van der Waals surface area contributed by atoms with E-state index in [1.807, 2.05) is 24.3 Å². The van der Waals surface area contributed by atoms with Gasteiger partial charge in [0.05, 0.1) is 13.3 Å². The number of methoxy groups -OCH3 is 1. The number of rotatable bonds is 4. The number of carbonyl (C=O) groups is 1. The molecule has 0 fully saturated rings. The lowest BCUT2D eigenvalue weighted by Crippen LogP contribution is -2.13. The Morgan fingerprint density at radius 1 is 1.45 bits per heavy atom. The van der Waals surface area contributed by atoms with Gasteiger partial charge < -0.3 is 4.74 Å². The topological polar surface area (TPSA) is 68.5 Å². The van der Waals surface area contributed by atoms with Crippen molar-refractivity contribution in [3.05, 3.63) is 41.4 Å². The van der Waals surface area contributed by atoms with Gasteiger partial charge in [-0.15, -0.1) is 0 Å². The first kappa shape index (κ1) is 14.1. The average molecular weight is 293 g/mol. The van der Waals surface area contributed by atoms with E-state index < -0.39 is 0 Å². The van der Waals surface area contributed by atoms with Crippen molar-refractivity contribution in [2.24, 2.45) is 5.10 Å². The quantitative estimate of drug-likeness (QED) is 0.692. The molecule has 0 saturated heterocycles. The monoisotopic (exact) mass is 292 g/mol. The fourth-order valence-electron chi connectivity index (χ4n) is 1.58. The SMILES string of the molecule is COc1ccc(-n2cnc(Cl)c2/C=N\NC(C)=O)cc1. The lowest BCUT2D eigenvalue weighted by Gasteiger charge is -2.06. The number of nitrogens with one attached hydrogen (secondary N) is 1. The van der Waals surface area contributed by atoms with Gasteiger partial charge in [0.25, 0.3) is 0 Å². The molecule has 2 rings (SSSR count). The van der Waals surface area contributed by atoms with Gasteiger partial charge in [-0.2, -0.15) is 5.10 Å². The molecule has 1 amide bonds. The minimum atomic E-state index is -0.257. The summed E-state index contributed by atoms with van der Waals surface area (Å²) in [5.41, 5.74) is 3.75. The van der Waals surface area contributed by atoms with E-state index in [4.69, 9.17) is 16.3 Å². The molecule has 7 heteroatoms. The van der Waals surface area contributed by atoms with Crippen LogP contribution >= 0.6 is 11.6 Å². The predicted molar refractivity (Wildman–Crippen MR) is 76.5 cm³/mol. The molecule has 0 saturated carbocycles. The Kier molecular flexibility index (Phi) is 4.37. The fraction of sp³-hybridized carbons (Fsp3) is 0.154. The Hall–Kier alpha value is -2.34. The molecule has 0 bridgehead atoms. The van der Waals surface area contributed by atoms with Crippen molar-refractivity contribution in [2.45, 2.75) is 6.92 Å². The zero-order valence-corrected chi connectivity index (χ0v) is 11.8. The van der Waals surface area contributed by atoms with E-state index in [0.717, 1.165) is 11.4 Å². The lowest BCUT2D eigenvalue weighted by atomic mass is 10.3. The van der Waals surface area contributed by atoms with Gasteiger partial charge in [-0.1, -0.05) is 11.6 Å². The highest BCUT2D eigenvalue weighted by Crippen LogP contribution is 2.19. The van der Waals surface area contributed by atoms with Gasteiger partial charge in [-0.05, 0) is 24.3 Å². The Balaban J connectivity index is 2.32. The minimum Gasteiger partial charge on any atom is -0.497 e. The van der Waals surface area contributed by atoms with Crippen LogP contribution in [-0.4, -0.2) is 28.8 Å². The maximum atomic E-state index is 10.8. The molecule has 0 spiro atoms. The van der Waals surface area contributed by atoms with Crippen LogP contribution in [0.3, 0.4) is 0 Å². The summed E-state index contributed by atoms with van der Waals surface area (Å²) in [6, 6.07) is 7.40. The third kappa shape index (κ3) is 3.16. The zero-order chi connectivity index (χ0) is 14.5. The Bertz CT molecular complexity index is 634. The second-order valence-electron chi connectivity index (χ2n) is 3.91. The molecular weight excluding hydrogens is 280 g/mol. The summed E-state index contributed by atoms with van der Waals surface area (Å²) in [6.07, 6.45) is 3.03. The molecule has 0 unspecified atom stereocenters. The van der Waals surface area contributed by atoms with E-state index in [0.29, 0.717) is 10.8 Å². The molecule has 20 heavy (non-hydrogen) atoms. The summed E-state index contributed by atoms with van der Waals surface area (Å²) in [5, 5.41) is 4.10. The van der Waals surface area contributed by atoms with E-state index in [9.17, 15) is 4.79 Å². The number of benzene rings is 1. The first-order valence-corrected chi connectivity index (χ1v) is 6.16. The number of aromatic nitrogens is 2. The molecule has 1 heterocycles. The molecule has 0 atom stereocenters. The Labute approximate surface area is 121 Å². The Morgan fingerprint density at radius 2 is 2.15 bits per heavy atom. The van der Waals surface area contributed by atoms with Crippen LogP contribution in [0.25, 0.3) is 5.69 Å². The second kappa shape index (κ2) is 6.21. The first-order valence-electron chi connectivity index (χ1n) is 5.78. The second-order valence-corrected chi connectivity index (χ2v) is 4.27. The number of hydrogen-bond donors (Lipinski definition) is 1. The van der Waals surface area contributed by atoms with Gasteiger partial charge in [0.1, 0.15) is 17.8 Å². The van der Waals surface area contributed by atoms with Gasteiger partial charge in [0.2, 0.25) is 5.91 Å². The van der Waals surface area contributed by atoms with Crippen molar-refractivity contribution in [1.29, 1.82) is 0 Å². The standard InChI is InChI=1S/C13H13ClN4O2/c1-9(19)17-16-7-12-13(14)15-8-18(12)10-3-5-11(20-2)6-4-10/h3-8H,1-2H3,(H,17,19)/b16-7-. The maximum Gasteiger partial charge on any atom is 0.236 e. The lowest BCUT2D eigenvalue weighted by molar-refractivity contribution is -0.118. The summed E-state index contributed by atoms with van der Waals surface area (Å²) < 4.78 is 6.86. The molecular formula is C13H13ClN4O2. The molecule has 2 aromatic rings. The number of amides is 1. The number of hydrazone groups is 1. The highest BCUT2D eigenvalue weighted by molar-refractivity contribution is 6.31. The van der Waals surface area contributed by atoms with Gasteiger partial charge >= 0.3 is 0 Å². The molecule has 0 aliphatic rings. The van der Waals surface area contributed by atoms with Gasteiger partial charge in [0.15, 0.2) is 5.15 Å². The fourth-order valence-corrected chi connectivity index (χ4v) is 1.77. The van der Waals surface area contributed by atoms with E-state index >= 15 is 0 Å². The summed E-state index contributed by atoms with van der Waals surface area (Å²) in [5.74, 6) is 0.501. The molecule has 6 nitrogen and oxygen atoms in total. The minimum absolute atomic E-state index is 0.257. The zero-order valence-electron chi connectivity index (χ0n) is 11.0. The normalized spacial score (nSPS) is 10.8. The van der Waals surface area contributed by atoms with Crippen LogP contribution in [0.5, 0.6) is 5.75 Å². The highest BCUT2D eigenvalue weighted by Gasteiger charge is 2.08. The molecule has 0 radical (unpaired) electrons. The molecule has 1 aromatic heterocycles. The third-order valence-electron chi connectivity index (χ3n) is 2.52. The van der Waals surface area contributed by atoms with Crippen molar-refractivity contribution in [1.82, 2.24) is 15.0 Å². The summed E-state index contributed by atoms with van der Waals surface area (Å²) in [7, 11) is 1.61. The average Bonchev–Trinajstić information content (AvgIpc) is 2.80. The number of nitrogens with zero attached hydrogens (tertiary/aromatic N) is 3. The van der Waals surface area contributed by atoms with Crippen LogP contribution in [0.2, 0.25) is 5.15 Å². The molecule has 1 N–H and O–H groups in total. The summed E-state index contributed by atoms with van der Waals surface area (Å²) in [4.78, 5) is 14.8. The van der Waals surface area contributed by atoms with Gasteiger partial charge in [0, 0.05) is 12.6 Å². The van der Waals surface area contributed by atoms with Crippen LogP contribution in [-0.2, 0) is 4.79 Å². The number of imidazole rings is 1. The molecule has 104 valence electrons. The van der Waals surface area contributed by atoms with Crippen LogP contribution in [0.4, 0.5) is 0 Å². The molecule has 0 aliphatic heterocycles. The van der Waals surface area contributed by atoms with Gasteiger partial charge in [-0.25, -0.2) is 10.4 Å². The number of hydrogen-bond acceptors (Lipinski definition) is 4. The van der Waals surface area contributed by atoms with Crippen molar-refractivity contribution in [2.75, 3.05) is 7.11 Å². The number of ether oxygens (including phenoxy) is 1.